The number of benzene rings is 1. The summed E-state index contributed by atoms with van der Waals surface area (Å²) in [4.78, 5) is 6.77. The number of aromatic nitrogens is 2. The Hall–Kier alpha value is -1.82. The van der Waals surface area contributed by atoms with Crippen LogP contribution in [0.1, 0.15) is 23.5 Å². The maximum Gasteiger partial charge on any atom is 0.193 e. The molecule has 0 aliphatic carbocycles. The SMILES string of the molecule is CN=C(NCc1cccc(Br)c1)N1CCC(c2cnn(C)c2)C1. The second-order valence-corrected chi connectivity index (χ2v) is 6.83. The molecule has 1 aliphatic rings. The first-order chi connectivity index (χ1) is 11.2. The molecule has 1 N–H and O–H groups in total. The number of hydrogen-bond donors (Lipinski definition) is 1. The molecule has 0 saturated carbocycles. The number of aryl methyl sites for hydroxylation is 1. The van der Waals surface area contributed by atoms with E-state index in [0.29, 0.717) is 5.92 Å². The number of nitrogens with one attached hydrogen (secondary N) is 1. The van der Waals surface area contributed by atoms with Crippen LogP contribution >= 0.6 is 15.9 Å². The highest BCUT2D eigenvalue weighted by Gasteiger charge is 2.26. The minimum absolute atomic E-state index is 0.535. The van der Waals surface area contributed by atoms with Crippen LogP contribution in [-0.2, 0) is 13.6 Å². The molecule has 0 radical (unpaired) electrons. The van der Waals surface area contributed by atoms with Gasteiger partial charge < -0.3 is 10.2 Å². The molecule has 5 nitrogen and oxygen atoms in total. The number of halogens is 1. The van der Waals surface area contributed by atoms with Gasteiger partial charge in [-0.05, 0) is 29.7 Å². The van der Waals surface area contributed by atoms with E-state index >= 15 is 0 Å². The van der Waals surface area contributed by atoms with E-state index in [9.17, 15) is 0 Å². The standard InChI is InChI=1S/C17H22BrN5/c1-19-17(20-9-13-4-3-5-16(18)8-13)23-7-6-14(12-23)15-10-21-22(2)11-15/h3-5,8,10-11,14H,6-7,9,12H2,1-2H3,(H,19,20). The lowest BCUT2D eigenvalue weighted by atomic mass is 10.0. The molecule has 1 unspecified atom stereocenters. The van der Waals surface area contributed by atoms with Crippen molar-refractivity contribution in [3.05, 3.63) is 52.3 Å². The van der Waals surface area contributed by atoms with E-state index in [1.165, 1.54) is 11.1 Å². The first-order valence-electron chi connectivity index (χ1n) is 7.84. The Balaban J connectivity index is 1.59. The van der Waals surface area contributed by atoms with Crippen molar-refractivity contribution in [1.29, 1.82) is 0 Å². The lowest BCUT2D eigenvalue weighted by molar-refractivity contribution is 0.486. The van der Waals surface area contributed by atoms with Gasteiger partial charge in [0.15, 0.2) is 5.96 Å². The molecule has 2 heterocycles. The predicted molar refractivity (Wildman–Crippen MR) is 96.5 cm³/mol. The highest BCUT2D eigenvalue weighted by atomic mass is 79.9. The zero-order valence-electron chi connectivity index (χ0n) is 13.5. The van der Waals surface area contributed by atoms with Crippen LogP contribution < -0.4 is 5.32 Å². The third kappa shape index (κ3) is 3.93. The van der Waals surface area contributed by atoms with Gasteiger partial charge in [0.2, 0.25) is 0 Å². The van der Waals surface area contributed by atoms with Crippen LogP contribution in [0.3, 0.4) is 0 Å². The van der Waals surface area contributed by atoms with E-state index in [0.717, 1.165) is 36.5 Å². The van der Waals surface area contributed by atoms with Crippen molar-refractivity contribution in [2.75, 3.05) is 20.1 Å². The quantitative estimate of drug-likeness (QED) is 0.662. The van der Waals surface area contributed by atoms with Crippen LogP contribution in [-0.4, -0.2) is 40.8 Å². The Morgan fingerprint density at radius 3 is 3.04 bits per heavy atom. The summed E-state index contributed by atoms with van der Waals surface area (Å²) in [7, 11) is 3.81. The van der Waals surface area contributed by atoms with Gasteiger partial charge >= 0.3 is 0 Å². The normalized spacial score (nSPS) is 18.5. The van der Waals surface area contributed by atoms with Gasteiger partial charge in [0.1, 0.15) is 0 Å². The Labute approximate surface area is 145 Å². The zero-order valence-corrected chi connectivity index (χ0v) is 15.1. The average molecular weight is 376 g/mol. The van der Waals surface area contributed by atoms with Gasteiger partial charge in [-0.1, -0.05) is 28.1 Å². The van der Waals surface area contributed by atoms with Gasteiger partial charge in [-0.2, -0.15) is 5.10 Å². The number of rotatable bonds is 3. The van der Waals surface area contributed by atoms with Crippen molar-refractivity contribution in [1.82, 2.24) is 20.0 Å². The molecule has 0 amide bonds. The van der Waals surface area contributed by atoms with Crippen molar-refractivity contribution >= 4 is 21.9 Å². The molecule has 1 aliphatic heterocycles. The Bertz CT molecular complexity index is 694. The second-order valence-electron chi connectivity index (χ2n) is 5.91. The van der Waals surface area contributed by atoms with E-state index in [4.69, 9.17) is 0 Å². The largest absolute Gasteiger partial charge is 0.352 e. The summed E-state index contributed by atoms with van der Waals surface area (Å²) in [5.74, 6) is 1.50. The fraction of sp³-hybridized carbons (Fsp3) is 0.412. The van der Waals surface area contributed by atoms with Crippen LogP contribution in [0.4, 0.5) is 0 Å². The summed E-state index contributed by atoms with van der Waals surface area (Å²) in [6.45, 7) is 2.79. The van der Waals surface area contributed by atoms with E-state index in [1.807, 2.05) is 31.0 Å². The van der Waals surface area contributed by atoms with Crippen molar-refractivity contribution in [3.8, 4) is 0 Å². The highest BCUT2D eigenvalue weighted by Crippen LogP contribution is 2.26. The zero-order chi connectivity index (χ0) is 16.2. The Morgan fingerprint density at radius 1 is 1.48 bits per heavy atom. The number of nitrogens with zero attached hydrogens (tertiary/aromatic N) is 4. The maximum atomic E-state index is 4.44. The van der Waals surface area contributed by atoms with Crippen molar-refractivity contribution in [3.63, 3.8) is 0 Å². The summed E-state index contributed by atoms with van der Waals surface area (Å²) in [6.07, 6.45) is 5.24. The van der Waals surface area contributed by atoms with Crippen molar-refractivity contribution in [2.45, 2.75) is 18.9 Å². The van der Waals surface area contributed by atoms with Crippen LogP contribution in [0, 0.1) is 0 Å². The van der Waals surface area contributed by atoms with Crippen LogP contribution in [0.2, 0.25) is 0 Å². The van der Waals surface area contributed by atoms with E-state index < -0.39 is 0 Å². The molecule has 3 rings (SSSR count). The van der Waals surface area contributed by atoms with Gasteiger partial charge in [-0.3, -0.25) is 9.67 Å². The fourth-order valence-electron chi connectivity index (χ4n) is 3.04. The van der Waals surface area contributed by atoms with Gasteiger partial charge in [-0.15, -0.1) is 0 Å². The third-order valence-corrected chi connectivity index (χ3v) is 4.73. The Morgan fingerprint density at radius 2 is 2.35 bits per heavy atom. The molecule has 1 aromatic heterocycles. The van der Waals surface area contributed by atoms with Crippen LogP contribution in [0.25, 0.3) is 0 Å². The van der Waals surface area contributed by atoms with E-state index in [2.05, 4.69) is 60.6 Å². The first kappa shape index (κ1) is 16.1. The lowest BCUT2D eigenvalue weighted by Crippen LogP contribution is -2.39. The monoisotopic (exact) mass is 375 g/mol. The average Bonchev–Trinajstić information content (AvgIpc) is 3.17. The number of aliphatic imine (C=N–C) groups is 1. The molecule has 122 valence electrons. The summed E-state index contributed by atoms with van der Waals surface area (Å²) in [6, 6.07) is 8.34. The molecular formula is C17H22BrN5. The third-order valence-electron chi connectivity index (χ3n) is 4.24. The smallest absolute Gasteiger partial charge is 0.193 e. The maximum absolute atomic E-state index is 4.44. The molecular weight excluding hydrogens is 354 g/mol. The minimum atomic E-state index is 0.535. The van der Waals surface area contributed by atoms with Crippen molar-refractivity contribution in [2.24, 2.45) is 12.0 Å². The van der Waals surface area contributed by atoms with Crippen LogP contribution in [0.5, 0.6) is 0 Å². The summed E-state index contributed by atoms with van der Waals surface area (Å²) in [5, 5.41) is 7.75. The topological polar surface area (TPSA) is 45.5 Å². The lowest BCUT2D eigenvalue weighted by Gasteiger charge is -2.21. The molecule has 6 heteroatoms. The molecule has 0 spiro atoms. The first-order valence-corrected chi connectivity index (χ1v) is 8.63. The van der Waals surface area contributed by atoms with Gasteiger partial charge in [0.25, 0.3) is 0 Å². The van der Waals surface area contributed by atoms with Gasteiger partial charge in [0.05, 0.1) is 6.20 Å². The predicted octanol–water partition coefficient (Wildman–Crippen LogP) is 2.75. The molecule has 0 bridgehead atoms. The fourth-order valence-corrected chi connectivity index (χ4v) is 3.48. The molecule has 1 aromatic carbocycles. The van der Waals surface area contributed by atoms with Crippen molar-refractivity contribution < 1.29 is 0 Å². The van der Waals surface area contributed by atoms with E-state index in [1.54, 1.807) is 0 Å². The molecule has 1 atom stereocenters. The van der Waals surface area contributed by atoms with E-state index in [-0.39, 0.29) is 0 Å². The molecule has 1 fully saturated rings. The summed E-state index contributed by atoms with van der Waals surface area (Å²) < 4.78 is 2.97. The summed E-state index contributed by atoms with van der Waals surface area (Å²) in [5.41, 5.74) is 2.56. The molecule has 2 aromatic rings. The number of hydrogen-bond acceptors (Lipinski definition) is 2. The molecule has 1 saturated heterocycles. The van der Waals surface area contributed by atoms with Gasteiger partial charge in [-0.25, -0.2) is 0 Å². The molecule has 23 heavy (non-hydrogen) atoms. The Kier molecular flexibility index (Phi) is 5.00. The van der Waals surface area contributed by atoms with Gasteiger partial charge in [0, 0.05) is 50.3 Å². The second kappa shape index (κ2) is 7.17. The van der Waals surface area contributed by atoms with Crippen LogP contribution in [0.15, 0.2) is 46.1 Å². The number of likely N-dealkylation sites (tertiary alicyclic amines) is 1. The number of guanidine groups is 1. The summed E-state index contributed by atoms with van der Waals surface area (Å²) >= 11 is 3.51. The minimum Gasteiger partial charge on any atom is -0.352 e. The highest BCUT2D eigenvalue weighted by molar-refractivity contribution is 9.10.